The highest BCUT2D eigenvalue weighted by Gasteiger charge is 2.23. The Morgan fingerprint density at radius 2 is 2.14 bits per heavy atom. The van der Waals surface area contributed by atoms with Crippen molar-refractivity contribution in [1.82, 2.24) is 14.6 Å². The molecule has 1 amide bonds. The molecule has 2 aromatic rings. The quantitative estimate of drug-likeness (QED) is 0.643. The molecule has 2 rings (SSSR count). The summed E-state index contributed by atoms with van der Waals surface area (Å²) in [5, 5.41) is 10.7. The molecule has 0 radical (unpaired) electrons. The van der Waals surface area contributed by atoms with Gasteiger partial charge in [-0.25, -0.2) is 9.18 Å². The fourth-order valence-corrected chi connectivity index (χ4v) is 3.29. The van der Waals surface area contributed by atoms with E-state index in [-0.39, 0.29) is 18.5 Å². The third-order valence-electron chi connectivity index (χ3n) is 3.79. The van der Waals surface area contributed by atoms with Crippen LogP contribution in [0.3, 0.4) is 0 Å². The molecule has 0 saturated carbocycles. The average Bonchev–Trinajstić information content (AvgIpc) is 2.61. The number of aliphatic hydroxyl groups is 1. The van der Waals surface area contributed by atoms with Crippen molar-refractivity contribution in [1.29, 1.82) is 0 Å². The summed E-state index contributed by atoms with van der Waals surface area (Å²) in [7, 11) is 0. The van der Waals surface area contributed by atoms with Gasteiger partial charge in [-0.2, -0.15) is 0 Å². The second kappa shape index (κ2) is 10.0. The molecule has 1 heterocycles. The number of carbonyl (C=O) groups is 1. The largest absolute Gasteiger partial charge is 0.444 e. The van der Waals surface area contributed by atoms with Crippen LogP contribution in [-0.4, -0.2) is 52.4 Å². The Kier molecular flexibility index (Phi) is 8.03. The molecule has 0 aliphatic heterocycles. The highest BCUT2D eigenvalue weighted by molar-refractivity contribution is 7.97. The number of halogens is 1. The van der Waals surface area contributed by atoms with E-state index in [4.69, 9.17) is 9.84 Å². The minimum atomic E-state index is -0.594. The predicted octanol–water partition coefficient (Wildman–Crippen LogP) is 3.98. The van der Waals surface area contributed by atoms with Crippen LogP contribution in [0.2, 0.25) is 0 Å². The molecule has 28 heavy (non-hydrogen) atoms. The van der Waals surface area contributed by atoms with Crippen LogP contribution >= 0.6 is 11.9 Å². The molecule has 1 aromatic carbocycles. The number of amides is 1. The van der Waals surface area contributed by atoms with Gasteiger partial charge >= 0.3 is 6.09 Å². The fraction of sp³-hybridized carbons (Fsp3) is 0.500. The molecule has 0 unspecified atom stereocenters. The van der Waals surface area contributed by atoms with Crippen LogP contribution < -0.4 is 4.72 Å². The number of aliphatic hydroxyl groups excluding tert-OH is 1. The van der Waals surface area contributed by atoms with Gasteiger partial charge in [0.05, 0.1) is 4.90 Å². The zero-order valence-electron chi connectivity index (χ0n) is 16.7. The van der Waals surface area contributed by atoms with Gasteiger partial charge in [0.25, 0.3) is 0 Å². The lowest BCUT2D eigenvalue weighted by atomic mass is 10.2. The number of rotatable bonds is 8. The third kappa shape index (κ3) is 6.92. The molecule has 1 aromatic heterocycles. The third-order valence-corrected chi connectivity index (χ3v) is 4.85. The fourth-order valence-electron chi connectivity index (χ4n) is 2.54. The van der Waals surface area contributed by atoms with E-state index in [2.05, 4.69) is 9.71 Å². The Bertz CT molecular complexity index is 798. The summed E-state index contributed by atoms with van der Waals surface area (Å²) in [5.74, 6) is -0.325. The second-order valence-corrected chi connectivity index (χ2v) is 8.51. The minimum Gasteiger partial charge on any atom is -0.444 e. The highest BCUT2D eigenvalue weighted by Crippen LogP contribution is 2.25. The maximum Gasteiger partial charge on any atom is 0.410 e. The van der Waals surface area contributed by atoms with Gasteiger partial charge in [0.15, 0.2) is 0 Å². The van der Waals surface area contributed by atoms with Crippen molar-refractivity contribution < 1.29 is 19.0 Å². The summed E-state index contributed by atoms with van der Waals surface area (Å²) in [5.41, 5.74) is -0.594. The first-order valence-corrected chi connectivity index (χ1v) is 10.1. The molecule has 0 aliphatic rings. The standard InChI is InChI=1S/C20H28FN3O3S/c1-14(13-24(8-5-9-25)19(26)27-20(2,3)4)23-28-18-11-15-6-7-22-12-16(15)10-17(18)21/h6-7,10-12,14,23,25H,5,8-9,13H2,1-4H3/t14-/m1/s1. The maximum atomic E-state index is 14.3. The average molecular weight is 410 g/mol. The van der Waals surface area contributed by atoms with Gasteiger partial charge in [-0.15, -0.1) is 0 Å². The maximum absolute atomic E-state index is 14.3. The summed E-state index contributed by atoms with van der Waals surface area (Å²) < 4.78 is 22.9. The first-order valence-electron chi connectivity index (χ1n) is 9.24. The lowest BCUT2D eigenvalue weighted by molar-refractivity contribution is 0.0230. The number of ether oxygens (including phenoxy) is 1. The van der Waals surface area contributed by atoms with Crippen LogP contribution in [-0.2, 0) is 4.74 Å². The molecule has 6 nitrogen and oxygen atoms in total. The van der Waals surface area contributed by atoms with Crippen molar-refractivity contribution >= 4 is 28.8 Å². The highest BCUT2D eigenvalue weighted by atomic mass is 32.2. The van der Waals surface area contributed by atoms with Crippen LogP contribution in [0.1, 0.15) is 34.1 Å². The van der Waals surface area contributed by atoms with Crippen molar-refractivity contribution in [2.24, 2.45) is 0 Å². The van der Waals surface area contributed by atoms with Gasteiger partial charge in [-0.05, 0) is 69.6 Å². The topological polar surface area (TPSA) is 74.7 Å². The number of hydrogen-bond donors (Lipinski definition) is 2. The molecular formula is C20H28FN3O3S. The van der Waals surface area contributed by atoms with Gasteiger partial charge in [0.2, 0.25) is 0 Å². The normalized spacial score (nSPS) is 12.8. The molecule has 2 N–H and O–H groups in total. The summed E-state index contributed by atoms with van der Waals surface area (Å²) in [4.78, 5) is 18.4. The van der Waals surface area contributed by atoms with E-state index in [1.54, 1.807) is 23.4 Å². The number of carbonyl (C=O) groups excluding carboxylic acids is 1. The van der Waals surface area contributed by atoms with E-state index in [0.717, 1.165) is 10.8 Å². The van der Waals surface area contributed by atoms with E-state index in [1.807, 2.05) is 33.8 Å². The van der Waals surface area contributed by atoms with Gasteiger partial charge in [0, 0.05) is 43.5 Å². The van der Waals surface area contributed by atoms with Crippen molar-refractivity contribution in [2.45, 2.75) is 50.7 Å². The monoisotopic (exact) mass is 409 g/mol. The Labute approximate surface area is 169 Å². The number of aromatic nitrogens is 1. The second-order valence-electron chi connectivity index (χ2n) is 7.63. The zero-order valence-corrected chi connectivity index (χ0v) is 17.6. The molecule has 0 fully saturated rings. The van der Waals surface area contributed by atoms with Crippen LogP contribution in [0.25, 0.3) is 10.8 Å². The molecule has 154 valence electrons. The van der Waals surface area contributed by atoms with Crippen molar-refractivity contribution in [3.05, 3.63) is 36.4 Å². The number of fused-ring (bicyclic) bond motifs is 1. The first-order chi connectivity index (χ1) is 13.2. The molecule has 0 spiro atoms. The number of benzene rings is 1. The minimum absolute atomic E-state index is 0.00693. The first kappa shape index (κ1) is 22.4. The molecule has 0 bridgehead atoms. The summed E-state index contributed by atoms with van der Waals surface area (Å²) >= 11 is 1.19. The summed E-state index contributed by atoms with van der Waals surface area (Å²) in [6.07, 6.45) is 3.34. The van der Waals surface area contributed by atoms with Crippen LogP contribution in [0, 0.1) is 5.82 Å². The summed E-state index contributed by atoms with van der Waals surface area (Å²) in [6, 6.07) is 4.95. The SMILES string of the molecule is C[C@H](CN(CCCO)C(=O)OC(C)(C)C)NSc1cc2ccncc2cc1F. The van der Waals surface area contributed by atoms with E-state index in [1.165, 1.54) is 18.0 Å². The van der Waals surface area contributed by atoms with E-state index in [9.17, 15) is 9.18 Å². The van der Waals surface area contributed by atoms with Gasteiger partial charge in [0.1, 0.15) is 11.4 Å². The van der Waals surface area contributed by atoms with E-state index >= 15 is 0 Å². The van der Waals surface area contributed by atoms with Crippen LogP contribution in [0.4, 0.5) is 9.18 Å². The lowest BCUT2D eigenvalue weighted by Gasteiger charge is -2.29. The molecular weight excluding hydrogens is 381 g/mol. The Morgan fingerprint density at radius 1 is 1.39 bits per heavy atom. The number of pyridine rings is 1. The van der Waals surface area contributed by atoms with Gasteiger partial charge in [-0.3, -0.25) is 9.71 Å². The summed E-state index contributed by atoms with van der Waals surface area (Å²) in [6.45, 7) is 8.10. The van der Waals surface area contributed by atoms with Crippen LogP contribution in [0.5, 0.6) is 0 Å². The predicted molar refractivity (Wildman–Crippen MR) is 110 cm³/mol. The Morgan fingerprint density at radius 3 is 2.82 bits per heavy atom. The number of nitrogens with zero attached hydrogens (tertiary/aromatic N) is 2. The van der Waals surface area contributed by atoms with Crippen molar-refractivity contribution in [2.75, 3.05) is 19.7 Å². The Balaban J connectivity index is 1.99. The van der Waals surface area contributed by atoms with Crippen LogP contribution in [0.15, 0.2) is 35.5 Å². The molecule has 0 saturated heterocycles. The molecule has 8 heteroatoms. The van der Waals surface area contributed by atoms with E-state index in [0.29, 0.717) is 24.4 Å². The number of hydrogen-bond acceptors (Lipinski definition) is 6. The van der Waals surface area contributed by atoms with E-state index < -0.39 is 11.7 Å². The molecule has 0 aliphatic carbocycles. The van der Waals surface area contributed by atoms with Gasteiger partial charge in [-0.1, -0.05) is 0 Å². The lowest BCUT2D eigenvalue weighted by Crippen LogP contribution is -2.43. The smallest absolute Gasteiger partial charge is 0.410 e. The Hall–Kier alpha value is -1.90. The number of nitrogens with one attached hydrogen (secondary N) is 1. The van der Waals surface area contributed by atoms with Gasteiger partial charge < -0.3 is 14.7 Å². The van der Waals surface area contributed by atoms with Crippen molar-refractivity contribution in [3.63, 3.8) is 0 Å². The zero-order chi connectivity index (χ0) is 20.7. The molecule has 1 atom stereocenters. The van der Waals surface area contributed by atoms with Crippen molar-refractivity contribution in [3.8, 4) is 0 Å².